The average Bonchev–Trinajstić information content (AvgIpc) is 3.17. The van der Waals surface area contributed by atoms with Crippen molar-refractivity contribution in [2.24, 2.45) is 0 Å². The topological polar surface area (TPSA) is 76.9 Å². The van der Waals surface area contributed by atoms with E-state index in [-0.39, 0.29) is 17.8 Å². The van der Waals surface area contributed by atoms with Crippen LogP contribution in [-0.2, 0) is 17.8 Å². The second-order valence-electron chi connectivity index (χ2n) is 6.60. The first-order valence-corrected chi connectivity index (χ1v) is 9.94. The second-order valence-corrected chi connectivity index (χ2v) is 7.72. The van der Waals surface area contributed by atoms with E-state index >= 15 is 0 Å². The summed E-state index contributed by atoms with van der Waals surface area (Å²) in [6.07, 6.45) is 3.37. The van der Waals surface area contributed by atoms with Crippen LogP contribution in [0.15, 0.2) is 59.7 Å². The number of amides is 1. The van der Waals surface area contributed by atoms with E-state index in [9.17, 15) is 18.4 Å². The van der Waals surface area contributed by atoms with E-state index in [1.807, 2.05) is 6.07 Å². The SMILES string of the molecule is O=C(CCn1ncc(=O)c2ccccc21)Nc1ncc(Cc2ccc(F)c(F)c2)s1. The van der Waals surface area contributed by atoms with E-state index in [4.69, 9.17) is 0 Å². The van der Waals surface area contributed by atoms with Gasteiger partial charge in [-0.1, -0.05) is 18.2 Å². The lowest BCUT2D eigenvalue weighted by Gasteiger charge is -2.08. The van der Waals surface area contributed by atoms with Crippen LogP contribution in [-0.4, -0.2) is 20.7 Å². The average molecular weight is 426 g/mol. The zero-order valence-corrected chi connectivity index (χ0v) is 16.5. The normalized spacial score (nSPS) is 11.0. The van der Waals surface area contributed by atoms with Gasteiger partial charge in [0.2, 0.25) is 11.3 Å². The molecule has 0 unspecified atom stereocenters. The van der Waals surface area contributed by atoms with Crippen molar-refractivity contribution in [2.75, 3.05) is 5.32 Å². The third kappa shape index (κ3) is 4.41. The van der Waals surface area contributed by atoms with Crippen LogP contribution in [0.3, 0.4) is 0 Å². The maximum absolute atomic E-state index is 13.3. The van der Waals surface area contributed by atoms with Gasteiger partial charge in [-0.25, -0.2) is 13.8 Å². The molecular weight excluding hydrogens is 410 g/mol. The zero-order chi connectivity index (χ0) is 21.1. The number of thiazole rings is 1. The van der Waals surface area contributed by atoms with Crippen molar-refractivity contribution in [3.05, 3.63) is 87.2 Å². The summed E-state index contributed by atoms with van der Waals surface area (Å²) in [5.74, 6) is -2.02. The number of fused-ring (bicyclic) bond motifs is 1. The summed E-state index contributed by atoms with van der Waals surface area (Å²) in [4.78, 5) is 29.2. The van der Waals surface area contributed by atoms with Crippen molar-refractivity contribution >= 4 is 33.3 Å². The molecule has 1 amide bonds. The Morgan fingerprint density at radius 3 is 2.77 bits per heavy atom. The van der Waals surface area contributed by atoms with E-state index < -0.39 is 11.6 Å². The number of aromatic nitrogens is 3. The number of rotatable bonds is 6. The van der Waals surface area contributed by atoms with Gasteiger partial charge in [-0.3, -0.25) is 14.3 Å². The Morgan fingerprint density at radius 2 is 1.93 bits per heavy atom. The highest BCUT2D eigenvalue weighted by molar-refractivity contribution is 7.15. The standard InChI is InChI=1S/C21H16F2N4O2S/c22-16-6-5-13(10-17(16)23)9-14-11-24-21(30-14)26-20(29)7-8-27-18-4-2-1-3-15(18)19(28)12-25-27/h1-6,10-12H,7-9H2,(H,24,26,29). The zero-order valence-electron chi connectivity index (χ0n) is 15.6. The summed E-state index contributed by atoms with van der Waals surface area (Å²) >= 11 is 1.27. The van der Waals surface area contributed by atoms with Crippen LogP contribution in [0.4, 0.5) is 13.9 Å². The molecule has 0 atom stereocenters. The minimum atomic E-state index is -0.894. The third-order valence-electron chi connectivity index (χ3n) is 4.47. The Balaban J connectivity index is 1.38. The predicted octanol–water partition coefficient (Wildman–Crippen LogP) is 3.75. The highest BCUT2D eigenvalue weighted by Crippen LogP contribution is 2.22. The monoisotopic (exact) mass is 426 g/mol. The number of nitrogens with zero attached hydrogens (tertiary/aromatic N) is 3. The summed E-state index contributed by atoms with van der Waals surface area (Å²) in [5.41, 5.74) is 1.12. The number of carbonyl (C=O) groups is 1. The largest absolute Gasteiger partial charge is 0.302 e. The molecule has 0 bridgehead atoms. The highest BCUT2D eigenvalue weighted by atomic mass is 32.1. The van der Waals surface area contributed by atoms with E-state index in [1.165, 1.54) is 23.6 Å². The first kappa shape index (κ1) is 19.8. The number of hydrogen-bond donors (Lipinski definition) is 1. The molecule has 0 aliphatic rings. The Bertz CT molecular complexity index is 1290. The molecule has 0 aliphatic heterocycles. The number of nitrogens with one attached hydrogen (secondary N) is 1. The number of halogens is 2. The van der Waals surface area contributed by atoms with Crippen LogP contribution in [0.25, 0.3) is 10.9 Å². The lowest BCUT2D eigenvalue weighted by molar-refractivity contribution is -0.116. The Morgan fingerprint density at radius 1 is 1.10 bits per heavy atom. The van der Waals surface area contributed by atoms with Gasteiger partial charge in [0.05, 0.1) is 18.3 Å². The quantitative estimate of drug-likeness (QED) is 0.510. The molecule has 4 rings (SSSR count). The van der Waals surface area contributed by atoms with Crippen molar-refractivity contribution in [1.29, 1.82) is 0 Å². The van der Waals surface area contributed by atoms with Crippen LogP contribution < -0.4 is 10.7 Å². The molecule has 0 aliphatic carbocycles. The molecule has 152 valence electrons. The number of para-hydroxylation sites is 1. The highest BCUT2D eigenvalue weighted by Gasteiger charge is 2.10. The molecular formula is C21H16F2N4O2S. The Hall–Kier alpha value is -3.46. The molecule has 30 heavy (non-hydrogen) atoms. The summed E-state index contributed by atoms with van der Waals surface area (Å²) in [5, 5.41) is 7.81. The number of hydrogen-bond acceptors (Lipinski definition) is 5. The van der Waals surface area contributed by atoms with Gasteiger partial charge in [-0.2, -0.15) is 5.10 Å². The molecule has 1 N–H and O–H groups in total. The van der Waals surface area contributed by atoms with Crippen molar-refractivity contribution in [2.45, 2.75) is 19.4 Å². The molecule has 2 aromatic carbocycles. The van der Waals surface area contributed by atoms with Gasteiger partial charge in [-0.05, 0) is 29.8 Å². The first-order valence-electron chi connectivity index (χ1n) is 9.13. The number of benzene rings is 2. The minimum absolute atomic E-state index is 0.151. The fraction of sp³-hybridized carbons (Fsp3) is 0.143. The van der Waals surface area contributed by atoms with Crippen LogP contribution in [0, 0.1) is 11.6 Å². The third-order valence-corrected chi connectivity index (χ3v) is 5.39. The summed E-state index contributed by atoms with van der Waals surface area (Å²) in [6, 6.07) is 10.8. The lowest BCUT2D eigenvalue weighted by Crippen LogP contribution is -2.17. The second kappa shape index (κ2) is 8.50. The van der Waals surface area contributed by atoms with Crippen LogP contribution in [0.2, 0.25) is 0 Å². The summed E-state index contributed by atoms with van der Waals surface area (Å²) in [6.45, 7) is 0.305. The summed E-state index contributed by atoms with van der Waals surface area (Å²) < 4.78 is 28.0. The number of aryl methyl sites for hydroxylation is 1. The van der Waals surface area contributed by atoms with Gasteiger partial charge in [0.25, 0.3) is 0 Å². The molecule has 0 radical (unpaired) electrons. The van der Waals surface area contributed by atoms with E-state index in [2.05, 4.69) is 15.4 Å². The van der Waals surface area contributed by atoms with E-state index in [1.54, 1.807) is 29.1 Å². The van der Waals surface area contributed by atoms with Crippen molar-refractivity contribution < 1.29 is 13.6 Å². The summed E-state index contributed by atoms with van der Waals surface area (Å²) in [7, 11) is 0. The molecule has 0 spiro atoms. The van der Waals surface area contributed by atoms with Crippen molar-refractivity contribution in [3.63, 3.8) is 0 Å². The van der Waals surface area contributed by atoms with Crippen molar-refractivity contribution in [3.8, 4) is 0 Å². The van der Waals surface area contributed by atoms with Crippen molar-refractivity contribution in [1.82, 2.24) is 14.8 Å². The molecule has 2 heterocycles. The minimum Gasteiger partial charge on any atom is -0.302 e. The molecule has 9 heteroatoms. The first-order chi connectivity index (χ1) is 14.5. The maximum atomic E-state index is 13.3. The predicted molar refractivity (Wildman–Crippen MR) is 111 cm³/mol. The fourth-order valence-corrected chi connectivity index (χ4v) is 3.89. The van der Waals surface area contributed by atoms with Crippen LogP contribution in [0.1, 0.15) is 16.9 Å². The van der Waals surface area contributed by atoms with Gasteiger partial charge in [-0.15, -0.1) is 11.3 Å². The van der Waals surface area contributed by atoms with Gasteiger partial charge in [0, 0.05) is 29.3 Å². The van der Waals surface area contributed by atoms with Crippen LogP contribution in [0.5, 0.6) is 0 Å². The maximum Gasteiger partial charge on any atom is 0.228 e. The lowest BCUT2D eigenvalue weighted by atomic mass is 10.1. The molecule has 0 fully saturated rings. The fourth-order valence-electron chi connectivity index (χ4n) is 3.03. The van der Waals surface area contributed by atoms with E-state index in [0.717, 1.165) is 17.0 Å². The van der Waals surface area contributed by atoms with Crippen LogP contribution >= 0.6 is 11.3 Å². The van der Waals surface area contributed by atoms with Gasteiger partial charge in [0.1, 0.15) is 0 Å². The molecule has 0 saturated heterocycles. The van der Waals surface area contributed by atoms with Gasteiger partial charge in [0.15, 0.2) is 16.8 Å². The molecule has 0 saturated carbocycles. The number of anilines is 1. The Kier molecular flexibility index (Phi) is 5.62. The molecule has 4 aromatic rings. The van der Waals surface area contributed by atoms with Gasteiger partial charge >= 0.3 is 0 Å². The number of carbonyl (C=O) groups excluding carboxylic acids is 1. The van der Waals surface area contributed by atoms with Gasteiger partial charge < -0.3 is 5.32 Å². The molecule has 6 nitrogen and oxygen atoms in total. The van der Waals surface area contributed by atoms with E-state index in [0.29, 0.717) is 34.6 Å². The molecule has 2 aromatic heterocycles. The smallest absolute Gasteiger partial charge is 0.228 e. The Labute approximate surface area is 173 Å².